The van der Waals surface area contributed by atoms with Crippen LogP contribution in [0.4, 0.5) is 5.69 Å². The number of nitro groups is 1. The van der Waals surface area contributed by atoms with Crippen LogP contribution in [0, 0.1) is 10.1 Å². The Morgan fingerprint density at radius 1 is 1.38 bits per heavy atom. The Morgan fingerprint density at radius 3 is 3.00 bits per heavy atom. The van der Waals surface area contributed by atoms with Gasteiger partial charge in [-0.2, -0.15) is 0 Å². The zero-order valence-corrected chi connectivity index (χ0v) is 16.2. The molecule has 0 radical (unpaired) electrons. The first-order valence-electron chi connectivity index (χ1n) is 9.06. The minimum atomic E-state index is -0.664. The van der Waals surface area contributed by atoms with Crippen LogP contribution >= 0.6 is 11.3 Å². The quantitative estimate of drug-likeness (QED) is 0.417. The Morgan fingerprint density at radius 2 is 2.24 bits per heavy atom. The molecule has 4 rings (SSSR count). The number of fused-ring (bicyclic) bond motifs is 1. The molecule has 0 spiro atoms. The molecule has 0 saturated carbocycles. The van der Waals surface area contributed by atoms with Crippen molar-refractivity contribution < 1.29 is 28.7 Å². The van der Waals surface area contributed by atoms with Crippen LogP contribution in [-0.4, -0.2) is 41.1 Å². The molecule has 2 aliphatic rings. The third-order valence-electron chi connectivity index (χ3n) is 4.87. The molecular formula is C19H18N2O7S. The molecule has 29 heavy (non-hydrogen) atoms. The van der Waals surface area contributed by atoms with Crippen LogP contribution < -0.4 is 4.74 Å². The minimum absolute atomic E-state index is 0.0253. The summed E-state index contributed by atoms with van der Waals surface area (Å²) >= 11 is 1.33. The molecule has 2 aliphatic heterocycles. The SMILES string of the molecule is O=C(OCc1cc([N+](=O)[O-])cc2c1OCOC2)C1CCCN1C(=O)c1cccs1. The van der Waals surface area contributed by atoms with Crippen LogP contribution in [0.15, 0.2) is 29.6 Å². The largest absolute Gasteiger partial charge is 0.467 e. The number of rotatable bonds is 5. The van der Waals surface area contributed by atoms with E-state index in [-0.39, 0.29) is 31.6 Å². The average molecular weight is 418 g/mol. The van der Waals surface area contributed by atoms with E-state index in [2.05, 4.69) is 0 Å². The molecular weight excluding hydrogens is 400 g/mol. The van der Waals surface area contributed by atoms with Gasteiger partial charge in [0.25, 0.3) is 11.6 Å². The number of thiophene rings is 1. The zero-order chi connectivity index (χ0) is 20.4. The Kier molecular flexibility index (Phi) is 5.45. The fourth-order valence-corrected chi connectivity index (χ4v) is 4.21. The standard InChI is InChI=1S/C19H18N2O7S/c22-18(16-4-2-6-29-16)20-5-1-3-15(20)19(23)27-10-13-8-14(21(24)25)7-12-9-26-11-28-17(12)13/h2,4,6-8,15H,1,3,5,9-11H2. The van der Waals surface area contributed by atoms with Crippen LogP contribution in [0.3, 0.4) is 0 Å². The van der Waals surface area contributed by atoms with Gasteiger partial charge >= 0.3 is 5.97 Å². The van der Waals surface area contributed by atoms with Gasteiger partial charge in [0.1, 0.15) is 18.4 Å². The number of ether oxygens (including phenoxy) is 3. The third-order valence-corrected chi connectivity index (χ3v) is 5.73. The predicted molar refractivity (Wildman–Crippen MR) is 102 cm³/mol. The number of nitrogens with zero attached hydrogens (tertiary/aromatic N) is 2. The van der Waals surface area contributed by atoms with E-state index in [0.29, 0.717) is 41.1 Å². The highest BCUT2D eigenvalue weighted by molar-refractivity contribution is 7.12. The van der Waals surface area contributed by atoms with Gasteiger partial charge in [0.15, 0.2) is 6.79 Å². The lowest BCUT2D eigenvalue weighted by Gasteiger charge is -2.24. The number of carbonyl (C=O) groups excluding carboxylic acids is 2. The second kappa shape index (κ2) is 8.18. The molecule has 10 heteroatoms. The summed E-state index contributed by atoms with van der Waals surface area (Å²) in [6, 6.07) is 5.57. The van der Waals surface area contributed by atoms with Crippen molar-refractivity contribution in [3.05, 3.63) is 55.8 Å². The van der Waals surface area contributed by atoms with Gasteiger partial charge in [0.2, 0.25) is 0 Å². The van der Waals surface area contributed by atoms with Gasteiger partial charge in [0, 0.05) is 29.8 Å². The van der Waals surface area contributed by atoms with Crippen LogP contribution in [-0.2, 0) is 27.5 Å². The highest BCUT2D eigenvalue weighted by Gasteiger charge is 2.36. The first kappa shape index (κ1) is 19.3. The molecule has 1 unspecified atom stereocenters. The maximum atomic E-state index is 12.7. The van der Waals surface area contributed by atoms with Crippen molar-refractivity contribution in [1.82, 2.24) is 4.90 Å². The summed E-state index contributed by atoms with van der Waals surface area (Å²) < 4.78 is 16.1. The summed E-state index contributed by atoms with van der Waals surface area (Å²) in [4.78, 5) is 38.1. The van der Waals surface area contributed by atoms with Gasteiger partial charge in [0.05, 0.1) is 16.4 Å². The Labute approximate surface area is 169 Å². The maximum Gasteiger partial charge on any atom is 0.329 e. The molecule has 1 aromatic carbocycles. The molecule has 2 aromatic rings. The van der Waals surface area contributed by atoms with Crippen LogP contribution in [0.25, 0.3) is 0 Å². The van der Waals surface area contributed by atoms with E-state index >= 15 is 0 Å². The van der Waals surface area contributed by atoms with Crippen molar-refractivity contribution in [2.24, 2.45) is 0 Å². The Bertz CT molecular complexity index is 944. The van der Waals surface area contributed by atoms with E-state index < -0.39 is 16.9 Å². The summed E-state index contributed by atoms with van der Waals surface area (Å²) in [5, 5.41) is 13.0. The van der Waals surface area contributed by atoms with Crippen LogP contribution in [0.5, 0.6) is 5.75 Å². The molecule has 9 nitrogen and oxygen atoms in total. The van der Waals surface area contributed by atoms with E-state index in [0.717, 1.165) is 0 Å². The Balaban J connectivity index is 1.49. The van der Waals surface area contributed by atoms with Crippen molar-refractivity contribution in [2.75, 3.05) is 13.3 Å². The number of hydrogen-bond donors (Lipinski definition) is 0. The van der Waals surface area contributed by atoms with Crippen molar-refractivity contribution in [2.45, 2.75) is 32.1 Å². The summed E-state index contributed by atoms with van der Waals surface area (Å²) in [5.74, 6) is -0.278. The number of benzene rings is 1. The van der Waals surface area contributed by atoms with Gasteiger partial charge in [-0.25, -0.2) is 4.79 Å². The van der Waals surface area contributed by atoms with Crippen LogP contribution in [0.2, 0.25) is 0 Å². The van der Waals surface area contributed by atoms with Crippen molar-refractivity contribution in [3.63, 3.8) is 0 Å². The number of esters is 1. The fraction of sp³-hybridized carbons (Fsp3) is 0.368. The molecule has 0 aliphatic carbocycles. The van der Waals surface area contributed by atoms with E-state index in [1.807, 2.05) is 5.38 Å². The fourth-order valence-electron chi connectivity index (χ4n) is 3.54. The summed E-state index contributed by atoms with van der Waals surface area (Å²) in [5.41, 5.74) is 0.811. The molecule has 0 N–H and O–H groups in total. The second-order valence-electron chi connectivity index (χ2n) is 6.70. The first-order chi connectivity index (χ1) is 14.0. The monoisotopic (exact) mass is 418 g/mol. The molecule has 1 amide bonds. The normalized spacial score (nSPS) is 18.1. The molecule has 3 heterocycles. The minimum Gasteiger partial charge on any atom is -0.467 e. The number of carbonyl (C=O) groups is 2. The van der Waals surface area contributed by atoms with Gasteiger partial charge in [-0.3, -0.25) is 14.9 Å². The third kappa shape index (κ3) is 3.94. The number of nitro benzene ring substituents is 1. The van der Waals surface area contributed by atoms with Gasteiger partial charge < -0.3 is 19.1 Å². The van der Waals surface area contributed by atoms with E-state index in [9.17, 15) is 19.7 Å². The molecule has 1 atom stereocenters. The molecule has 152 valence electrons. The van der Waals surface area contributed by atoms with E-state index in [1.54, 1.807) is 12.1 Å². The predicted octanol–water partition coefficient (Wildman–Crippen LogP) is 2.87. The lowest BCUT2D eigenvalue weighted by molar-refractivity contribution is -0.385. The smallest absolute Gasteiger partial charge is 0.329 e. The molecule has 0 bridgehead atoms. The van der Waals surface area contributed by atoms with Crippen LogP contribution in [0.1, 0.15) is 33.6 Å². The zero-order valence-electron chi connectivity index (χ0n) is 15.4. The average Bonchev–Trinajstić information content (AvgIpc) is 3.43. The van der Waals surface area contributed by atoms with Gasteiger partial charge in [-0.15, -0.1) is 11.3 Å². The van der Waals surface area contributed by atoms with Gasteiger partial charge in [-0.05, 0) is 24.3 Å². The van der Waals surface area contributed by atoms with Crippen molar-refractivity contribution in [3.8, 4) is 5.75 Å². The lowest BCUT2D eigenvalue weighted by atomic mass is 10.1. The van der Waals surface area contributed by atoms with Gasteiger partial charge in [-0.1, -0.05) is 6.07 Å². The highest BCUT2D eigenvalue weighted by atomic mass is 32.1. The summed E-state index contributed by atoms with van der Waals surface area (Å²) in [7, 11) is 0. The molecule has 1 aromatic heterocycles. The molecule has 1 saturated heterocycles. The topological polar surface area (TPSA) is 108 Å². The lowest BCUT2D eigenvalue weighted by Crippen LogP contribution is -2.41. The second-order valence-corrected chi connectivity index (χ2v) is 7.65. The number of non-ortho nitro benzene ring substituents is 1. The van der Waals surface area contributed by atoms with Crippen molar-refractivity contribution >= 4 is 28.9 Å². The summed E-state index contributed by atoms with van der Waals surface area (Å²) in [6.07, 6.45) is 1.23. The maximum absolute atomic E-state index is 12.7. The Hall–Kier alpha value is -2.98. The molecule has 1 fully saturated rings. The van der Waals surface area contributed by atoms with E-state index in [1.165, 1.54) is 28.4 Å². The first-order valence-corrected chi connectivity index (χ1v) is 9.94. The van der Waals surface area contributed by atoms with Crippen molar-refractivity contribution in [1.29, 1.82) is 0 Å². The summed E-state index contributed by atoms with van der Waals surface area (Å²) in [6.45, 7) is 0.519. The number of likely N-dealkylation sites (tertiary alicyclic amines) is 1. The number of amides is 1. The highest BCUT2D eigenvalue weighted by Crippen LogP contribution is 2.33. The number of hydrogen-bond acceptors (Lipinski definition) is 8. The van der Waals surface area contributed by atoms with E-state index in [4.69, 9.17) is 14.2 Å².